The summed E-state index contributed by atoms with van der Waals surface area (Å²) in [4.78, 5) is 11.2. The number of hydrogen-bond acceptors (Lipinski definition) is 5. The van der Waals surface area contributed by atoms with Gasteiger partial charge in [-0.25, -0.2) is 9.97 Å². The van der Waals surface area contributed by atoms with Crippen molar-refractivity contribution in [2.75, 3.05) is 30.9 Å². The van der Waals surface area contributed by atoms with Crippen LogP contribution in [0.5, 0.6) is 5.75 Å². The molecule has 0 saturated carbocycles. The Morgan fingerprint density at radius 1 is 0.963 bits per heavy atom. The average molecular weight is 362 g/mol. The van der Waals surface area contributed by atoms with Gasteiger partial charge < -0.3 is 15.0 Å². The quantitative estimate of drug-likeness (QED) is 0.654. The zero-order valence-electron chi connectivity index (χ0n) is 16.1. The molecule has 2 aromatic carbocycles. The van der Waals surface area contributed by atoms with Crippen LogP contribution in [0, 0.1) is 6.92 Å². The molecule has 0 saturated heterocycles. The van der Waals surface area contributed by atoms with Crippen molar-refractivity contribution in [1.82, 2.24) is 9.97 Å². The summed E-state index contributed by atoms with van der Waals surface area (Å²) in [5.41, 5.74) is 2.48. The maximum Gasteiger partial charge on any atom is 0.134 e. The fourth-order valence-electron chi connectivity index (χ4n) is 2.94. The molecule has 3 aromatic rings. The highest BCUT2D eigenvalue weighted by atomic mass is 16.5. The first-order valence-corrected chi connectivity index (χ1v) is 9.11. The zero-order valence-corrected chi connectivity index (χ0v) is 16.1. The number of ether oxygens (including phenoxy) is 1. The Hall–Kier alpha value is -3.08. The van der Waals surface area contributed by atoms with Gasteiger partial charge >= 0.3 is 0 Å². The number of benzene rings is 2. The number of aromatic nitrogens is 2. The van der Waals surface area contributed by atoms with E-state index in [4.69, 9.17) is 4.74 Å². The second-order valence-corrected chi connectivity index (χ2v) is 6.53. The smallest absolute Gasteiger partial charge is 0.134 e. The lowest BCUT2D eigenvalue weighted by Gasteiger charge is -2.19. The average Bonchev–Trinajstić information content (AvgIpc) is 2.68. The molecular formula is C22H26N4O. The molecule has 5 heteroatoms. The van der Waals surface area contributed by atoms with Crippen LogP contribution in [0.4, 0.5) is 11.6 Å². The Kier molecular flexibility index (Phi) is 6.26. The lowest BCUT2D eigenvalue weighted by atomic mass is 10.1. The summed E-state index contributed by atoms with van der Waals surface area (Å²) in [6, 6.07) is 20.5. The molecule has 0 aliphatic heterocycles. The van der Waals surface area contributed by atoms with Crippen molar-refractivity contribution < 1.29 is 4.74 Å². The highest BCUT2D eigenvalue weighted by Gasteiger charge is 2.07. The third kappa shape index (κ3) is 5.45. The highest BCUT2D eigenvalue weighted by Crippen LogP contribution is 2.18. The third-order valence-corrected chi connectivity index (χ3v) is 4.33. The number of nitrogens with one attached hydrogen (secondary N) is 1. The summed E-state index contributed by atoms with van der Waals surface area (Å²) in [5, 5.41) is 3.41. The SMILES string of the molecule is COc1cccc(CCNc2cc(N(C)Cc3ccccc3)nc(C)n2)c1. The molecule has 0 spiro atoms. The van der Waals surface area contributed by atoms with E-state index in [1.165, 1.54) is 11.1 Å². The van der Waals surface area contributed by atoms with Gasteiger partial charge in [0.2, 0.25) is 0 Å². The zero-order chi connectivity index (χ0) is 19.1. The molecule has 0 amide bonds. The molecule has 0 aliphatic rings. The number of anilines is 2. The largest absolute Gasteiger partial charge is 0.497 e. The van der Waals surface area contributed by atoms with Gasteiger partial charge in [0.05, 0.1) is 7.11 Å². The molecule has 0 aliphatic carbocycles. The van der Waals surface area contributed by atoms with Gasteiger partial charge in [0.25, 0.3) is 0 Å². The third-order valence-electron chi connectivity index (χ3n) is 4.33. The van der Waals surface area contributed by atoms with E-state index in [2.05, 4.69) is 63.6 Å². The predicted octanol–water partition coefficient (Wildman–Crippen LogP) is 4.08. The number of methoxy groups -OCH3 is 1. The van der Waals surface area contributed by atoms with Crippen molar-refractivity contribution in [3.05, 3.63) is 77.6 Å². The van der Waals surface area contributed by atoms with Gasteiger partial charge in [-0.05, 0) is 36.6 Å². The maximum atomic E-state index is 5.28. The second kappa shape index (κ2) is 9.03. The van der Waals surface area contributed by atoms with Crippen LogP contribution in [0.15, 0.2) is 60.7 Å². The summed E-state index contributed by atoms with van der Waals surface area (Å²) in [6.45, 7) is 3.53. The molecule has 0 radical (unpaired) electrons. The molecule has 1 aromatic heterocycles. The van der Waals surface area contributed by atoms with Crippen molar-refractivity contribution in [2.45, 2.75) is 19.9 Å². The molecule has 1 N–H and O–H groups in total. The maximum absolute atomic E-state index is 5.28. The Bertz CT molecular complexity index is 867. The topological polar surface area (TPSA) is 50.3 Å². The minimum absolute atomic E-state index is 0.760. The van der Waals surface area contributed by atoms with Gasteiger partial charge in [0.1, 0.15) is 23.2 Å². The standard InChI is InChI=1S/C22H26N4O/c1-17-24-21(23-13-12-18-10-7-11-20(14-18)27-3)15-22(25-17)26(2)16-19-8-5-4-6-9-19/h4-11,14-15H,12-13,16H2,1-3H3,(H,23,24,25). The minimum atomic E-state index is 0.760. The van der Waals surface area contributed by atoms with Gasteiger partial charge in [-0.3, -0.25) is 0 Å². The predicted molar refractivity (Wildman–Crippen MR) is 111 cm³/mol. The fourth-order valence-corrected chi connectivity index (χ4v) is 2.94. The molecule has 0 bridgehead atoms. The van der Waals surface area contributed by atoms with E-state index in [1.54, 1.807) is 7.11 Å². The lowest BCUT2D eigenvalue weighted by Crippen LogP contribution is -2.19. The fraction of sp³-hybridized carbons (Fsp3) is 0.273. The number of rotatable bonds is 8. The summed E-state index contributed by atoms with van der Waals surface area (Å²) in [7, 11) is 3.74. The Labute approximate surface area is 161 Å². The van der Waals surface area contributed by atoms with Crippen LogP contribution in [0.1, 0.15) is 17.0 Å². The van der Waals surface area contributed by atoms with E-state index in [0.717, 1.165) is 42.7 Å². The Morgan fingerprint density at radius 3 is 2.52 bits per heavy atom. The monoisotopic (exact) mass is 362 g/mol. The first-order chi connectivity index (χ1) is 13.1. The van der Waals surface area contributed by atoms with Gasteiger partial charge in [0.15, 0.2) is 0 Å². The van der Waals surface area contributed by atoms with E-state index in [-0.39, 0.29) is 0 Å². The summed E-state index contributed by atoms with van der Waals surface area (Å²) < 4.78 is 5.28. The summed E-state index contributed by atoms with van der Waals surface area (Å²) in [6.07, 6.45) is 0.898. The van der Waals surface area contributed by atoms with Crippen molar-refractivity contribution in [2.24, 2.45) is 0 Å². The van der Waals surface area contributed by atoms with Gasteiger partial charge in [0, 0.05) is 26.2 Å². The molecule has 1 heterocycles. The normalized spacial score (nSPS) is 10.5. The van der Waals surface area contributed by atoms with Crippen LogP contribution in [-0.2, 0) is 13.0 Å². The van der Waals surface area contributed by atoms with Crippen LogP contribution >= 0.6 is 0 Å². The minimum Gasteiger partial charge on any atom is -0.497 e. The molecule has 0 unspecified atom stereocenters. The van der Waals surface area contributed by atoms with E-state index < -0.39 is 0 Å². The van der Waals surface area contributed by atoms with E-state index in [1.807, 2.05) is 31.2 Å². The number of hydrogen-bond donors (Lipinski definition) is 1. The van der Waals surface area contributed by atoms with Crippen molar-refractivity contribution >= 4 is 11.6 Å². The van der Waals surface area contributed by atoms with Gasteiger partial charge in [-0.2, -0.15) is 0 Å². The molecule has 140 valence electrons. The Balaban J connectivity index is 1.62. The molecule has 27 heavy (non-hydrogen) atoms. The van der Waals surface area contributed by atoms with E-state index in [9.17, 15) is 0 Å². The molecule has 0 fully saturated rings. The molecule has 5 nitrogen and oxygen atoms in total. The van der Waals surface area contributed by atoms with Gasteiger partial charge in [-0.15, -0.1) is 0 Å². The van der Waals surface area contributed by atoms with Crippen molar-refractivity contribution in [3.63, 3.8) is 0 Å². The second-order valence-electron chi connectivity index (χ2n) is 6.53. The summed E-state index contributed by atoms with van der Waals surface area (Å²) >= 11 is 0. The van der Waals surface area contributed by atoms with Crippen molar-refractivity contribution in [1.29, 1.82) is 0 Å². The first kappa shape index (κ1) is 18.7. The van der Waals surface area contributed by atoms with Crippen LogP contribution in [0.3, 0.4) is 0 Å². The molecule has 3 rings (SSSR count). The molecule has 0 atom stereocenters. The first-order valence-electron chi connectivity index (χ1n) is 9.11. The van der Waals surface area contributed by atoms with Crippen LogP contribution in [0.25, 0.3) is 0 Å². The Morgan fingerprint density at radius 2 is 1.74 bits per heavy atom. The van der Waals surface area contributed by atoms with Gasteiger partial charge in [-0.1, -0.05) is 42.5 Å². The van der Waals surface area contributed by atoms with Crippen LogP contribution < -0.4 is 15.0 Å². The highest BCUT2D eigenvalue weighted by molar-refractivity contribution is 5.49. The summed E-state index contributed by atoms with van der Waals surface area (Å²) in [5.74, 6) is 3.40. The van der Waals surface area contributed by atoms with Crippen molar-refractivity contribution in [3.8, 4) is 5.75 Å². The van der Waals surface area contributed by atoms with E-state index >= 15 is 0 Å². The van der Waals surface area contributed by atoms with Crippen LogP contribution in [0.2, 0.25) is 0 Å². The number of nitrogens with zero attached hydrogens (tertiary/aromatic N) is 3. The van der Waals surface area contributed by atoms with Crippen LogP contribution in [-0.4, -0.2) is 30.7 Å². The lowest BCUT2D eigenvalue weighted by molar-refractivity contribution is 0.414. The van der Waals surface area contributed by atoms with E-state index in [0.29, 0.717) is 0 Å². The number of aryl methyl sites for hydroxylation is 1. The molecular weight excluding hydrogens is 336 g/mol.